The second-order valence-corrected chi connectivity index (χ2v) is 5.98. The largest absolute Gasteiger partial charge is 0.338 e. The van der Waals surface area contributed by atoms with Gasteiger partial charge in [-0.2, -0.15) is 0 Å². The summed E-state index contributed by atoms with van der Waals surface area (Å²) >= 11 is 0. The number of hydrogen-bond acceptors (Lipinski definition) is 1. The van der Waals surface area contributed by atoms with Gasteiger partial charge in [-0.15, -0.1) is 0 Å². The normalized spacial score (nSPS) is 19.4. The molecule has 1 fully saturated rings. The fourth-order valence-electron chi connectivity index (χ4n) is 2.98. The molecule has 1 saturated carbocycles. The summed E-state index contributed by atoms with van der Waals surface area (Å²) < 4.78 is 26.3. The van der Waals surface area contributed by atoms with Gasteiger partial charge in [-0.3, -0.25) is 4.79 Å². The lowest BCUT2D eigenvalue weighted by molar-refractivity contribution is -0.133. The zero-order valence-corrected chi connectivity index (χ0v) is 13.0. The maximum Gasteiger partial charge on any atom is 0.226 e. The van der Waals surface area contributed by atoms with E-state index in [1.54, 1.807) is 23.1 Å². The van der Waals surface area contributed by atoms with E-state index in [4.69, 9.17) is 0 Å². The first kappa shape index (κ1) is 15.7. The van der Waals surface area contributed by atoms with E-state index in [1.165, 1.54) is 24.3 Å². The summed E-state index contributed by atoms with van der Waals surface area (Å²) in [7, 11) is 0. The number of amides is 1. The van der Waals surface area contributed by atoms with Crippen LogP contribution < -0.4 is 0 Å². The molecule has 2 aromatic carbocycles. The third-order valence-corrected chi connectivity index (χ3v) is 4.36. The molecule has 0 N–H and O–H groups in total. The summed E-state index contributed by atoms with van der Waals surface area (Å²) in [5.74, 6) is -0.343. The molecule has 2 nitrogen and oxygen atoms in total. The van der Waals surface area contributed by atoms with Gasteiger partial charge in [0.2, 0.25) is 5.91 Å². The minimum atomic E-state index is -0.290. The molecule has 120 valence electrons. The van der Waals surface area contributed by atoms with E-state index in [0.717, 1.165) is 17.5 Å². The highest BCUT2D eigenvalue weighted by Crippen LogP contribution is 2.48. The fourth-order valence-corrected chi connectivity index (χ4v) is 2.98. The first-order chi connectivity index (χ1) is 11.1. The van der Waals surface area contributed by atoms with Crippen molar-refractivity contribution in [2.45, 2.75) is 25.8 Å². The number of benzene rings is 2. The van der Waals surface area contributed by atoms with E-state index in [9.17, 15) is 13.6 Å². The van der Waals surface area contributed by atoms with Crippen LogP contribution in [-0.2, 0) is 11.3 Å². The van der Waals surface area contributed by atoms with E-state index in [-0.39, 0.29) is 29.4 Å². The molecule has 3 rings (SSSR count). The first-order valence-electron chi connectivity index (χ1n) is 7.87. The Balaban J connectivity index is 1.66. The molecule has 1 aliphatic rings. The lowest BCUT2D eigenvalue weighted by atomic mass is 10.1. The van der Waals surface area contributed by atoms with Gasteiger partial charge in [0.25, 0.3) is 0 Å². The van der Waals surface area contributed by atoms with Crippen LogP contribution in [0.5, 0.6) is 0 Å². The van der Waals surface area contributed by atoms with Crippen LogP contribution in [0.3, 0.4) is 0 Å². The van der Waals surface area contributed by atoms with Crippen molar-refractivity contribution in [2.24, 2.45) is 5.92 Å². The zero-order valence-electron chi connectivity index (χ0n) is 13.0. The molecule has 1 amide bonds. The van der Waals surface area contributed by atoms with Crippen molar-refractivity contribution < 1.29 is 13.6 Å². The van der Waals surface area contributed by atoms with Crippen LogP contribution in [0.15, 0.2) is 48.5 Å². The summed E-state index contributed by atoms with van der Waals surface area (Å²) in [5.41, 5.74) is 1.80. The Bertz CT molecular complexity index is 699. The maximum atomic E-state index is 13.3. The van der Waals surface area contributed by atoms with Gasteiger partial charge in [0.15, 0.2) is 0 Å². The number of rotatable bonds is 5. The molecular formula is C19H19F2NO. The second-order valence-electron chi connectivity index (χ2n) is 5.98. The first-order valence-corrected chi connectivity index (χ1v) is 7.87. The lowest BCUT2D eigenvalue weighted by Gasteiger charge is -2.21. The van der Waals surface area contributed by atoms with Crippen molar-refractivity contribution >= 4 is 5.91 Å². The highest BCUT2D eigenvalue weighted by atomic mass is 19.1. The van der Waals surface area contributed by atoms with E-state index < -0.39 is 0 Å². The minimum Gasteiger partial charge on any atom is -0.338 e. The van der Waals surface area contributed by atoms with Crippen molar-refractivity contribution in [3.05, 3.63) is 71.3 Å². The van der Waals surface area contributed by atoms with Gasteiger partial charge in [-0.25, -0.2) is 8.78 Å². The number of halogens is 2. The third-order valence-electron chi connectivity index (χ3n) is 4.36. The zero-order chi connectivity index (χ0) is 16.4. The molecule has 0 saturated heterocycles. The van der Waals surface area contributed by atoms with Gasteiger partial charge in [0.05, 0.1) is 0 Å². The second kappa shape index (κ2) is 6.49. The number of carbonyl (C=O) groups excluding carboxylic acids is 1. The molecule has 0 heterocycles. The molecule has 0 radical (unpaired) electrons. The Morgan fingerprint density at radius 1 is 1.13 bits per heavy atom. The molecule has 2 aromatic rings. The molecule has 0 spiro atoms. The van der Waals surface area contributed by atoms with Crippen molar-refractivity contribution in [1.29, 1.82) is 0 Å². The molecular weight excluding hydrogens is 296 g/mol. The van der Waals surface area contributed by atoms with Crippen LogP contribution in [0.4, 0.5) is 8.78 Å². The quantitative estimate of drug-likeness (QED) is 0.813. The van der Waals surface area contributed by atoms with Gasteiger partial charge in [0, 0.05) is 19.0 Å². The van der Waals surface area contributed by atoms with Gasteiger partial charge in [0.1, 0.15) is 11.6 Å². The van der Waals surface area contributed by atoms with Gasteiger partial charge in [-0.1, -0.05) is 24.3 Å². The maximum absolute atomic E-state index is 13.3. The van der Waals surface area contributed by atoms with Gasteiger partial charge in [-0.05, 0) is 54.7 Å². The van der Waals surface area contributed by atoms with E-state index in [0.29, 0.717) is 13.1 Å². The number of nitrogens with zero attached hydrogens (tertiary/aromatic N) is 1. The predicted octanol–water partition coefficient (Wildman–Crippen LogP) is 4.12. The van der Waals surface area contributed by atoms with Crippen LogP contribution in [0.25, 0.3) is 0 Å². The van der Waals surface area contributed by atoms with Crippen molar-refractivity contribution in [3.8, 4) is 0 Å². The standard InChI is InChI=1S/C19H19F2NO/c1-2-22(12-13-4-3-5-16(21)10-13)19(23)18-11-17(18)14-6-8-15(20)9-7-14/h3-10,17-18H,2,11-12H2,1H3. The molecule has 1 aliphatic carbocycles. The van der Waals surface area contributed by atoms with Gasteiger partial charge >= 0.3 is 0 Å². The average Bonchev–Trinajstić information content (AvgIpc) is 3.33. The van der Waals surface area contributed by atoms with Crippen molar-refractivity contribution in [2.75, 3.05) is 6.54 Å². The van der Waals surface area contributed by atoms with Crippen molar-refractivity contribution in [3.63, 3.8) is 0 Å². The molecule has 2 atom stereocenters. The molecule has 2 unspecified atom stereocenters. The Hall–Kier alpha value is -2.23. The van der Waals surface area contributed by atoms with E-state index >= 15 is 0 Å². The predicted molar refractivity (Wildman–Crippen MR) is 84.7 cm³/mol. The summed E-state index contributed by atoms with van der Waals surface area (Å²) in [6.07, 6.45) is 0.796. The topological polar surface area (TPSA) is 20.3 Å². The molecule has 0 bridgehead atoms. The number of carbonyl (C=O) groups is 1. The highest BCUT2D eigenvalue weighted by Gasteiger charge is 2.45. The van der Waals surface area contributed by atoms with Crippen LogP contribution in [-0.4, -0.2) is 17.4 Å². The Labute approximate surface area is 134 Å². The molecule has 23 heavy (non-hydrogen) atoms. The summed E-state index contributed by atoms with van der Waals surface area (Å²) in [4.78, 5) is 14.4. The summed E-state index contributed by atoms with van der Waals surface area (Å²) in [6.45, 7) is 2.92. The molecule has 4 heteroatoms. The highest BCUT2D eigenvalue weighted by molar-refractivity contribution is 5.83. The van der Waals surface area contributed by atoms with Crippen molar-refractivity contribution in [1.82, 2.24) is 4.90 Å². The Morgan fingerprint density at radius 3 is 2.52 bits per heavy atom. The van der Waals surface area contributed by atoms with E-state index in [1.807, 2.05) is 13.0 Å². The minimum absolute atomic E-state index is 0.0472. The van der Waals surface area contributed by atoms with E-state index in [2.05, 4.69) is 0 Å². The Kier molecular flexibility index (Phi) is 4.42. The average molecular weight is 315 g/mol. The van der Waals surface area contributed by atoms with Gasteiger partial charge < -0.3 is 4.90 Å². The summed E-state index contributed by atoms with van der Waals surface area (Å²) in [6, 6.07) is 12.7. The van der Waals surface area contributed by atoms with Crippen LogP contribution >= 0.6 is 0 Å². The van der Waals surface area contributed by atoms with Crippen LogP contribution in [0.1, 0.15) is 30.4 Å². The molecule has 0 aliphatic heterocycles. The smallest absolute Gasteiger partial charge is 0.226 e. The summed E-state index contributed by atoms with van der Waals surface area (Å²) in [5, 5.41) is 0. The fraction of sp³-hybridized carbons (Fsp3) is 0.316. The Morgan fingerprint density at radius 2 is 1.87 bits per heavy atom. The SMILES string of the molecule is CCN(Cc1cccc(F)c1)C(=O)C1CC1c1ccc(F)cc1. The number of hydrogen-bond donors (Lipinski definition) is 0. The van der Waals surface area contributed by atoms with Crippen LogP contribution in [0.2, 0.25) is 0 Å². The van der Waals surface area contributed by atoms with Crippen LogP contribution in [0, 0.1) is 17.6 Å². The third kappa shape index (κ3) is 3.58. The monoisotopic (exact) mass is 315 g/mol. The lowest BCUT2D eigenvalue weighted by Crippen LogP contribution is -2.32. The molecule has 0 aromatic heterocycles.